The SMILES string of the molecule is O=C(Nc1ccc(S(=O)(=O)Nc2ccc(Br)cc2)cc1)c1cc([N+](=O)[O-])cc([N+](=O)[O-])c1. The quantitative estimate of drug-likeness (QED) is 0.346. The number of benzene rings is 3. The number of hydrogen-bond acceptors (Lipinski definition) is 7. The summed E-state index contributed by atoms with van der Waals surface area (Å²) in [6.07, 6.45) is 0. The van der Waals surface area contributed by atoms with Gasteiger partial charge in [-0.2, -0.15) is 0 Å². The fraction of sp³-hybridized carbons (Fsp3) is 0. The maximum absolute atomic E-state index is 12.5. The summed E-state index contributed by atoms with van der Waals surface area (Å²) in [4.78, 5) is 32.6. The van der Waals surface area contributed by atoms with Gasteiger partial charge in [-0.05, 0) is 48.5 Å². The Bertz CT molecular complexity index is 1280. The van der Waals surface area contributed by atoms with Crippen LogP contribution < -0.4 is 10.0 Å². The van der Waals surface area contributed by atoms with E-state index in [1.165, 1.54) is 24.3 Å². The van der Waals surface area contributed by atoms with Crippen LogP contribution in [0.1, 0.15) is 10.4 Å². The van der Waals surface area contributed by atoms with Gasteiger partial charge in [-0.3, -0.25) is 29.7 Å². The molecule has 0 aliphatic rings. The van der Waals surface area contributed by atoms with E-state index >= 15 is 0 Å². The van der Waals surface area contributed by atoms with Crippen LogP contribution in [0.25, 0.3) is 0 Å². The molecule has 11 nitrogen and oxygen atoms in total. The average molecular weight is 521 g/mol. The Labute approximate surface area is 189 Å². The fourth-order valence-corrected chi connectivity index (χ4v) is 3.91. The second-order valence-electron chi connectivity index (χ2n) is 6.34. The number of carbonyl (C=O) groups excluding carboxylic acids is 1. The Morgan fingerprint density at radius 2 is 1.31 bits per heavy atom. The number of nitro groups is 2. The molecule has 0 aliphatic carbocycles. The molecule has 164 valence electrons. The standard InChI is InChI=1S/C19H13BrN4O7S/c20-13-1-3-15(4-2-13)22-32(30,31)18-7-5-14(6-8-18)21-19(25)12-9-16(23(26)27)11-17(10-12)24(28)29/h1-11,22H,(H,21,25). The molecule has 0 radical (unpaired) electrons. The monoisotopic (exact) mass is 520 g/mol. The second-order valence-corrected chi connectivity index (χ2v) is 8.94. The van der Waals surface area contributed by atoms with Crippen LogP contribution in [0.3, 0.4) is 0 Å². The number of sulfonamides is 1. The van der Waals surface area contributed by atoms with Crippen LogP contribution >= 0.6 is 15.9 Å². The summed E-state index contributed by atoms with van der Waals surface area (Å²) in [6, 6.07) is 14.2. The molecule has 0 heterocycles. The van der Waals surface area contributed by atoms with Gasteiger partial charge in [0.15, 0.2) is 0 Å². The molecule has 13 heteroatoms. The minimum Gasteiger partial charge on any atom is -0.322 e. The molecule has 0 saturated carbocycles. The zero-order valence-electron chi connectivity index (χ0n) is 15.9. The van der Waals surface area contributed by atoms with E-state index in [4.69, 9.17) is 0 Å². The van der Waals surface area contributed by atoms with E-state index in [9.17, 15) is 33.4 Å². The summed E-state index contributed by atoms with van der Waals surface area (Å²) < 4.78 is 28.2. The Hall–Kier alpha value is -3.84. The summed E-state index contributed by atoms with van der Waals surface area (Å²) in [6.45, 7) is 0. The highest BCUT2D eigenvalue weighted by atomic mass is 79.9. The van der Waals surface area contributed by atoms with E-state index < -0.39 is 37.2 Å². The molecule has 2 N–H and O–H groups in total. The predicted octanol–water partition coefficient (Wildman–Crippen LogP) is 4.32. The summed E-state index contributed by atoms with van der Waals surface area (Å²) >= 11 is 3.26. The van der Waals surface area contributed by atoms with E-state index in [1.54, 1.807) is 24.3 Å². The molecule has 0 bridgehead atoms. The Balaban J connectivity index is 1.78. The lowest BCUT2D eigenvalue weighted by atomic mass is 10.1. The van der Waals surface area contributed by atoms with Crippen molar-refractivity contribution in [3.05, 3.63) is 97.0 Å². The van der Waals surface area contributed by atoms with Gasteiger partial charge in [-0.25, -0.2) is 8.42 Å². The van der Waals surface area contributed by atoms with Crippen molar-refractivity contribution >= 4 is 54.6 Å². The molecule has 0 spiro atoms. The van der Waals surface area contributed by atoms with Gasteiger partial charge in [0.1, 0.15) is 0 Å². The lowest BCUT2D eigenvalue weighted by molar-refractivity contribution is -0.394. The number of amides is 1. The number of hydrogen-bond donors (Lipinski definition) is 2. The first-order chi connectivity index (χ1) is 15.0. The number of nitro benzene ring substituents is 2. The minimum absolute atomic E-state index is 0.0654. The van der Waals surface area contributed by atoms with Crippen LogP contribution in [0, 0.1) is 20.2 Å². The lowest BCUT2D eigenvalue weighted by Crippen LogP contribution is -2.14. The highest BCUT2D eigenvalue weighted by Gasteiger charge is 2.20. The molecule has 0 aliphatic heterocycles. The van der Waals surface area contributed by atoms with Gasteiger partial charge < -0.3 is 5.32 Å². The molecule has 3 aromatic rings. The van der Waals surface area contributed by atoms with Gasteiger partial charge in [0, 0.05) is 28.0 Å². The van der Waals surface area contributed by atoms with E-state index in [0.717, 1.165) is 22.7 Å². The molecule has 0 aromatic heterocycles. The minimum atomic E-state index is -3.88. The highest BCUT2D eigenvalue weighted by molar-refractivity contribution is 9.10. The van der Waals surface area contributed by atoms with Gasteiger partial charge in [-0.15, -0.1) is 0 Å². The van der Waals surface area contributed by atoms with Gasteiger partial charge in [0.2, 0.25) is 0 Å². The molecular formula is C19H13BrN4O7S. The zero-order valence-corrected chi connectivity index (χ0v) is 18.3. The topological polar surface area (TPSA) is 162 Å². The molecule has 0 saturated heterocycles. The van der Waals surface area contributed by atoms with Gasteiger partial charge in [-0.1, -0.05) is 15.9 Å². The van der Waals surface area contributed by atoms with E-state index in [-0.39, 0.29) is 16.1 Å². The third-order valence-corrected chi connectivity index (χ3v) is 6.03. The first kappa shape index (κ1) is 22.8. The summed E-state index contributed by atoms with van der Waals surface area (Å²) in [5.41, 5.74) is -0.960. The highest BCUT2D eigenvalue weighted by Crippen LogP contribution is 2.24. The maximum atomic E-state index is 12.5. The third-order valence-electron chi connectivity index (χ3n) is 4.11. The van der Waals surface area contributed by atoms with Crippen LogP contribution in [-0.4, -0.2) is 24.2 Å². The zero-order chi connectivity index (χ0) is 23.5. The van der Waals surface area contributed by atoms with Crippen molar-refractivity contribution in [1.82, 2.24) is 0 Å². The van der Waals surface area contributed by atoms with Crippen LogP contribution in [0.4, 0.5) is 22.7 Å². The van der Waals surface area contributed by atoms with Crippen molar-refractivity contribution in [2.24, 2.45) is 0 Å². The molecule has 0 unspecified atom stereocenters. The van der Waals surface area contributed by atoms with Crippen molar-refractivity contribution in [3.8, 4) is 0 Å². The Morgan fingerprint density at radius 3 is 1.81 bits per heavy atom. The number of nitrogens with one attached hydrogen (secondary N) is 2. The van der Waals surface area contributed by atoms with Crippen LogP contribution in [0.2, 0.25) is 0 Å². The Morgan fingerprint density at radius 1 is 0.812 bits per heavy atom. The smallest absolute Gasteiger partial charge is 0.277 e. The normalized spacial score (nSPS) is 10.9. The van der Waals surface area contributed by atoms with E-state index in [2.05, 4.69) is 26.0 Å². The second kappa shape index (κ2) is 9.11. The summed E-state index contributed by atoms with van der Waals surface area (Å²) in [5, 5.41) is 24.4. The van der Waals surface area contributed by atoms with Crippen molar-refractivity contribution in [2.75, 3.05) is 10.0 Å². The van der Waals surface area contributed by atoms with Gasteiger partial charge in [0.05, 0.1) is 26.4 Å². The predicted molar refractivity (Wildman–Crippen MR) is 119 cm³/mol. The first-order valence-corrected chi connectivity index (χ1v) is 11.0. The number of rotatable bonds is 7. The number of nitrogens with zero attached hydrogens (tertiary/aromatic N) is 2. The molecule has 1 amide bonds. The van der Waals surface area contributed by atoms with Gasteiger partial charge in [0.25, 0.3) is 27.3 Å². The van der Waals surface area contributed by atoms with Gasteiger partial charge >= 0.3 is 0 Å². The largest absolute Gasteiger partial charge is 0.322 e. The number of halogens is 1. The molecule has 32 heavy (non-hydrogen) atoms. The molecule has 3 rings (SSSR count). The van der Waals surface area contributed by atoms with Crippen LogP contribution in [0.15, 0.2) is 76.1 Å². The summed E-state index contributed by atoms with van der Waals surface area (Å²) in [7, 11) is -3.88. The number of anilines is 2. The summed E-state index contributed by atoms with van der Waals surface area (Å²) in [5.74, 6) is -0.833. The fourth-order valence-electron chi connectivity index (χ4n) is 2.59. The number of carbonyl (C=O) groups is 1. The Kier molecular flexibility index (Phi) is 6.50. The first-order valence-electron chi connectivity index (χ1n) is 8.69. The van der Waals surface area contributed by atoms with Crippen molar-refractivity contribution in [2.45, 2.75) is 4.90 Å². The average Bonchev–Trinajstić information content (AvgIpc) is 2.75. The number of non-ortho nitro benzene ring substituents is 2. The lowest BCUT2D eigenvalue weighted by Gasteiger charge is -2.10. The van der Waals surface area contributed by atoms with E-state index in [0.29, 0.717) is 5.69 Å². The van der Waals surface area contributed by atoms with Crippen LogP contribution in [-0.2, 0) is 10.0 Å². The molecule has 0 fully saturated rings. The van der Waals surface area contributed by atoms with Crippen molar-refractivity contribution < 1.29 is 23.1 Å². The molecular weight excluding hydrogens is 508 g/mol. The van der Waals surface area contributed by atoms with Crippen LogP contribution in [0.5, 0.6) is 0 Å². The molecule has 0 atom stereocenters. The third kappa shape index (κ3) is 5.44. The van der Waals surface area contributed by atoms with Crippen molar-refractivity contribution in [1.29, 1.82) is 0 Å². The van der Waals surface area contributed by atoms with Crippen molar-refractivity contribution in [3.63, 3.8) is 0 Å². The molecule has 3 aromatic carbocycles. The van der Waals surface area contributed by atoms with E-state index in [1.807, 2.05) is 0 Å². The maximum Gasteiger partial charge on any atom is 0.277 e.